The zero-order chi connectivity index (χ0) is 18.9. The van der Waals surface area contributed by atoms with Crippen LogP contribution in [-0.2, 0) is 31.2 Å². The first kappa shape index (κ1) is 20.4. The van der Waals surface area contributed by atoms with Crippen LogP contribution >= 0.6 is 11.3 Å². The standard InChI is InChI=1S/C16H26N2O5S2/c1-15(2,10-19)14-18-17-13(24-14)9-12(20)16(3,4)25(21,22)11-5-7-23-8-6-11/h11,19H,5-10H2,1-4H3. The van der Waals surface area contributed by atoms with Crippen molar-refractivity contribution in [2.24, 2.45) is 0 Å². The Bertz CT molecular complexity index is 719. The van der Waals surface area contributed by atoms with Gasteiger partial charge in [-0.3, -0.25) is 4.79 Å². The summed E-state index contributed by atoms with van der Waals surface area (Å²) in [5.41, 5.74) is -0.539. The largest absolute Gasteiger partial charge is 0.395 e. The smallest absolute Gasteiger partial charge is 0.165 e. The van der Waals surface area contributed by atoms with E-state index in [9.17, 15) is 18.3 Å². The molecule has 7 nitrogen and oxygen atoms in total. The van der Waals surface area contributed by atoms with Gasteiger partial charge in [-0.05, 0) is 26.7 Å². The molecule has 1 fully saturated rings. The minimum atomic E-state index is -3.62. The fraction of sp³-hybridized carbons (Fsp3) is 0.812. The maximum atomic E-state index is 12.9. The molecule has 2 rings (SSSR count). The Morgan fingerprint density at radius 1 is 1.24 bits per heavy atom. The van der Waals surface area contributed by atoms with Crippen LogP contribution < -0.4 is 0 Å². The molecule has 9 heteroatoms. The first-order valence-electron chi connectivity index (χ1n) is 8.30. The first-order valence-corrected chi connectivity index (χ1v) is 10.7. The predicted molar refractivity (Wildman–Crippen MR) is 95.6 cm³/mol. The van der Waals surface area contributed by atoms with Crippen molar-refractivity contribution in [1.29, 1.82) is 0 Å². The minimum absolute atomic E-state index is 0.0748. The molecule has 2 heterocycles. The predicted octanol–water partition coefficient (Wildman–Crippen LogP) is 1.29. The zero-order valence-corrected chi connectivity index (χ0v) is 16.7. The molecule has 0 amide bonds. The molecule has 0 aliphatic carbocycles. The van der Waals surface area contributed by atoms with Crippen LogP contribution in [0.25, 0.3) is 0 Å². The molecule has 0 saturated carbocycles. The van der Waals surface area contributed by atoms with E-state index in [1.165, 1.54) is 25.2 Å². The van der Waals surface area contributed by atoms with Crippen LogP contribution in [0.3, 0.4) is 0 Å². The molecule has 1 aliphatic heterocycles. The molecular weight excluding hydrogens is 364 g/mol. The van der Waals surface area contributed by atoms with E-state index in [2.05, 4.69) is 10.2 Å². The molecule has 0 bridgehead atoms. The minimum Gasteiger partial charge on any atom is -0.395 e. The van der Waals surface area contributed by atoms with Gasteiger partial charge in [-0.1, -0.05) is 13.8 Å². The lowest BCUT2D eigenvalue weighted by molar-refractivity contribution is -0.120. The number of aliphatic hydroxyl groups excluding tert-OH is 1. The second-order valence-corrected chi connectivity index (χ2v) is 11.3. The fourth-order valence-electron chi connectivity index (χ4n) is 2.58. The number of carbonyl (C=O) groups excluding carboxylic acids is 1. The van der Waals surface area contributed by atoms with Gasteiger partial charge >= 0.3 is 0 Å². The molecule has 0 spiro atoms. The third-order valence-electron chi connectivity index (χ3n) is 4.74. The number of rotatable bonds is 7. The molecular formula is C16H26N2O5S2. The number of sulfone groups is 1. The monoisotopic (exact) mass is 390 g/mol. The summed E-state index contributed by atoms with van der Waals surface area (Å²) in [5.74, 6) is -0.386. The van der Waals surface area contributed by atoms with Gasteiger partial charge in [-0.2, -0.15) is 0 Å². The summed E-state index contributed by atoms with van der Waals surface area (Å²) in [5, 5.41) is 18.0. The summed E-state index contributed by atoms with van der Waals surface area (Å²) in [6.07, 6.45) is 0.772. The third-order valence-corrected chi connectivity index (χ3v) is 9.03. The van der Waals surface area contributed by atoms with Crippen LogP contribution in [0.4, 0.5) is 0 Å². The molecule has 1 aliphatic rings. The highest BCUT2D eigenvalue weighted by Crippen LogP contribution is 2.31. The van der Waals surface area contributed by atoms with E-state index in [1.807, 2.05) is 13.8 Å². The second-order valence-electron chi connectivity index (χ2n) is 7.51. The van der Waals surface area contributed by atoms with Gasteiger partial charge in [0.15, 0.2) is 15.6 Å². The Labute approximate surface area is 152 Å². The van der Waals surface area contributed by atoms with Gasteiger partial charge in [0.05, 0.1) is 18.3 Å². The number of nitrogens with zero attached hydrogens (tertiary/aromatic N) is 2. The van der Waals surface area contributed by atoms with Crippen molar-refractivity contribution in [3.05, 3.63) is 10.0 Å². The Kier molecular flexibility index (Phi) is 6.03. The third kappa shape index (κ3) is 4.10. The van der Waals surface area contributed by atoms with Gasteiger partial charge in [-0.15, -0.1) is 21.5 Å². The summed E-state index contributed by atoms with van der Waals surface area (Å²) in [6.45, 7) is 7.34. The lowest BCUT2D eigenvalue weighted by atomic mass is 9.96. The fourth-order valence-corrected chi connectivity index (χ4v) is 5.54. The van der Waals surface area contributed by atoms with Crippen molar-refractivity contribution in [2.45, 2.75) is 62.4 Å². The van der Waals surface area contributed by atoms with Crippen molar-refractivity contribution in [1.82, 2.24) is 10.2 Å². The molecule has 0 aromatic carbocycles. The number of aromatic nitrogens is 2. The number of Topliss-reactive ketones (excluding diaryl/α,β-unsaturated/α-hetero) is 1. The topological polar surface area (TPSA) is 106 Å². The average Bonchev–Trinajstić information content (AvgIpc) is 3.04. The van der Waals surface area contributed by atoms with Gasteiger partial charge in [0, 0.05) is 18.6 Å². The van der Waals surface area contributed by atoms with Crippen molar-refractivity contribution in [3.8, 4) is 0 Å². The molecule has 0 radical (unpaired) electrons. The van der Waals surface area contributed by atoms with Gasteiger partial charge in [0.1, 0.15) is 14.8 Å². The van der Waals surface area contributed by atoms with Gasteiger partial charge < -0.3 is 9.84 Å². The number of carbonyl (C=O) groups is 1. The van der Waals surface area contributed by atoms with Crippen molar-refractivity contribution >= 4 is 27.0 Å². The van der Waals surface area contributed by atoms with Gasteiger partial charge in [0.2, 0.25) is 0 Å². The number of hydrogen-bond donors (Lipinski definition) is 1. The Balaban J connectivity index is 2.16. The number of ketones is 1. The second kappa shape index (κ2) is 7.38. The number of hydrogen-bond acceptors (Lipinski definition) is 8. The molecule has 1 N–H and O–H groups in total. The average molecular weight is 391 g/mol. The molecule has 142 valence electrons. The highest BCUT2D eigenvalue weighted by Gasteiger charge is 2.46. The summed E-state index contributed by atoms with van der Waals surface area (Å²) in [7, 11) is -3.62. The lowest BCUT2D eigenvalue weighted by Crippen LogP contribution is -2.48. The van der Waals surface area contributed by atoms with E-state index in [1.54, 1.807) is 0 Å². The van der Waals surface area contributed by atoms with Crippen LogP contribution in [0.1, 0.15) is 50.6 Å². The van der Waals surface area contributed by atoms with E-state index in [0.29, 0.717) is 36.1 Å². The van der Waals surface area contributed by atoms with Crippen molar-refractivity contribution < 1.29 is 23.1 Å². The summed E-state index contributed by atoms with van der Waals surface area (Å²) >= 11 is 1.24. The van der Waals surface area contributed by atoms with Gasteiger partial charge in [-0.25, -0.2) is 8.42 Å². The number of aliphatic hydroxyl groups is 1. The summed E-state index contributed by atoms with van der Waals surface area (Å²) in [4.78, 5) is 12.7. The van der Waals surface area contributed by atoms with E-state index in [0.717, 1.165) is 0 Å². The maximum Gasteiger partial charge on any atom is 0.165 e. The Morgan fingerprint density at radius 2 is 1.84 bits per heavy atom. The molecule has 0 atom stereocenters. The van der Waals surface area contributed by atoms with E-state index < -0.39 is 25.2 Å². The highest BCUT2D eigenvalue weighted by atomic mass is 32.2. The number of ether oxygens (including phenoxy) is 1. The molecule has 1 aromatic rings. The Morgan fingerprint density at radius 3 is 2.40 bits per heavy atom. The molecule has 1 saturated heterocycles. The first-order chi connectivity index (χ1) is 11.5. The molecule has 1 aromatic heterocycles. The van der Waals surface area contributed by atoms with Crippen LogP contribution in [0.5, 0.6) is 0 Å². The SMILES string of the molecule is CC(C)(CO)c1nnc(CC(=O)C(C)(C)S(=O)(=O)C2CCOCC2)s1. The Hall–Kier alpha value is -0.900. The van der Waals surface area contributed by atoms with Crippen LogP contribution in [0, 0.1) is 0 Å². The maximum absolute atomic E-state index is 12.9. The van der Waals surface area contributed by atoms with E-state index in [-0.39, 0.29) is 18.8 Å². The molecule has 25 heavy (non-hydrogen) atoms. The quantitative estimate of drug-likeness (QED) is 0.747. The lowest BCUT2D eigenvalue weighted by Gasteiger charge is -2.31. The van der Waals surface area contributed by atoms with Crippen LogP contribution in [0.15, 0.2) is 0 Å². The van der Waals surface area contributed by atoms with Crippen LogP contribution in [0.2, 0.25) is 0 Å². The summed E-state index contributed by atoms with van der Waals surface area (Å²) < 4.78 is 29.6. The van der Waals surface area contributed by atoms with Crippen LogP contribution in [-0.4, -0.2) is 59.3 Å². The summed E-state index contributed by atoms with van der Waals surface area (Å²) in [6, 6.07) is 0. The van der Waals surface area contributed by atoms with Gasteiger partial charge in [0.25, 0.3) is 0 Å². The van der Waals surface area contributed by atoms with Crippen molar-refractivity contribution in [3.63, 3.8) is 0 Å². The molecule has 0 unspecified atom stereocenters. The zero-order valence-electron chi connectivity index (χ0n) is 15.1. The van der Waals surface area contributed by atoms with E-state index in [4.69, 9.17) is 4.74 Å². The highest BCUT2D eigenvalue weighted by molar-refractivity contribution is 7.94. The van der Waals surface area contributed by atoms with Crippen molar-refractivity contribution in [2.75, 3.05) is 19.8 Å². The normalized spacial score (nSPS) is 17.6. The van der Waals surface area contributed by atoms with E-state index >= 15 is 0 Å².